The van der Waals surface area contributed by atoms with Crippen LogP contribution >= 0.6 is 0 Å². The zero-order valence-electron chi connectivity index (χ0n) is 18.3. The van der Waals surface area contributed by atoms with Gasteiger partial charge in [-0.1, -0.05) is 6.07 Å². The minimum absolute atomic E-state index is 0.238. The van der Waals surface area contributed by atoms with Crippen LogP contribution in [0.4, 0.5) is 10.5 Å². The predicted octanol–water partition coefficient (Wildman–Crippen LogP) is 3.65. The van der Waals surface area contributed by atoms with Crippen LogP contribution in [0.25, 0.3) is 11.6 Å². The lowest BCUT2D eigenvalue weighted by atomic mass is 9.87. The zero-order chi connectivity index (χ0) is 22.0. The van der Waals surface area contributed by atoms with Gasteiger partial charge in [0.05, 0.1) is 29.5 Å². The molecule has 0 atom stereocenters. The molecule has 0 bridgehead atoms. The maximum absolute atomic E-state index is 12.0. The molecule has 4 rings (SSSR count). The molecule has 7 heteroatoms. The molecule has 1 saturated heterocycles. The zero-order valence-corrected chi connectivity index (χ0v) is 18.3. The van der Waals surface area contributed by atoms with Crippen molar-refractivity contribution in [2.45, 2.75) is 32.6 Å². The van der Waals surface area contributed by atoms with Gasteiger partial charge in [-0.2, -0.15) is 5.26 Å². The summed E-state index contributed by atoms with van der Waals surface area (Å²) in [5, 5.41) is 9.34. The highest BCUT2D eigenvalue weighted by molar-refractivity contribution is 5.91. The number of hydrogen-bond donors (Lipinski definition) is 0. The Morgan fingerprint density at radius 2 is 1.97 bits per heavy atom. The lowest BCUT2D eigenvalue weighted by molar-refractivity contribution is 0.105. The number of amides is 1. The topological polar surface area (TPSA) is 82.4 Å². The first-order chi connectivity index (χ1) is 14.9. The van der Waals surface area contributed by atoms with Crippen molar-refractivity contribution in [3.05, 3.63) is 53.1 Å². The number of ether oxygens (including phenoxy) is 1. The first kappa shape index (κ1) is 20.9. The van der Waals surface area contributed by atoms with Crippen LogP contribution in [-0.4, -0.2) is 53.7 Å². The second-order valence-electron chi connectivity index (χ2n) is 8.38. The van der Waals surface area contributed by atoms with E-state index in [1.165, 1.54) is 0 Å². The largest absolute Gasteiger partial charge is 0.450 e. The SMILES string of the molecule is CCOC(=O)N1CCN(c2ccnc3c2C=C(c2ccc(C(C)(C)C#N)cn2)C3)CC1. The maximum atomic E-state index is 12.0. The molecule has 160 valence electrons. The molecule has 7 nitrogen and oxygen atoms in total. The fraction of sp³-hybridized carbons (Fsp3) is 0.417. The van der Waals surface area contributed by atoms with Gasteiger partial charge in [0.25, 0.3) is 0 Å². The Kier molecular flexibility index (Phi) is 5.64. The Labute approximate surface area is 183 Å². The quantitative estimate of drug-likeness (QED) is 0.755. The number of aromatic nitrogens is 2. The lowest BCUT2D eigenvalue weighted by Gasteiger charge is -2.36. The number of carbonyl (C=O) groups is 1. The van der Waals surface area contributed by atoms with Gasteiger partial charge in [0, 0.05) is 56.2 Å². The Balaban J connectivity index is 1.52. The van der Waals surface area contributed by atoms with E-state index in [0.717, 1.165) is 53.3 Å². The number of anilines is 1. The summed E-state index contributed by atoms with van der Waals surface area (Å²) in [5.74, 6) is 0. The van der Waals surface area contributed by atoms with Crippen LogP contribution in [0.3, 0.4) is 0 Å². The fourth-order valence-electron chi connectivity index (χ4n) is 4.01. The van der Waals surface area contributed by atoms with Gasteiger partial charge in [-0.3, -0.25) is 9.97 Å². The van der Waals surface area contributed by atoms with Crippen molar-refractivity contribution < 1.29 is 9.53 Å². The van der Waals surface area contributed by atoms with E-state index in [-0.39, 0.29) is 6.09 Å². The third-order valence-corrected chi connectivity index (χ3v) is 5.97. The number of nitrogens with zero attached hydrogens (tertiary/aromatic N) is 5. The first-order valence-electron chi connectivity index (χ1n) is 10.7. The molecule has 2 aliphatic rings. The van der Waals surface area contributed by atoms with Crippen molar-refractivity contribution in [2.24, 2.45) is 0 Å². The smallest absolute Gasteiger partial charge is 0.409 e. The summed E-state index contributed by atoms with van der Waals surface area (Å²) < 4.78 is 5.12. The Bertz CT molecular complexity index is 1040. The third kappa shape index (κ3) is 4.11. The molecule has 0 unspecified atom stereocenters. The minimum Gasteiger partial charge on any atom is -0.450 e. The number of hydrogen-bond acceptors (Lipinski definition) is 6. The number of carbonyl (C=O) groups excluding carboxylic acids is 1. The molecule has 1 aliphatic heterocycles. The van der Waals surface area contributed by atoms with Crippen molar-refractivity contribution in [1.82, 2.24) is 14.9 Å². The summed E-state index contributed by atoms with van der Waals surface area (Å²) in [4.78, 5) is 25.3. The lowest BCUT2D eigenvalue weighted by Crippen LogP contribution is -2.49. The first-order valence-corrected chi connectivity index (χ1v) is 10.7. The molecule has 2 aromatic rings. The van der Waals surface area contributed by atoms with Gasteiger partial charge >= 0.3 is 6.09 Å². The van der Waals surface area contributed by atoms with Crippen molar-refractivity contribution in [2.75, 3.05) is 37.7 Å². The van der Waals surface area contributed by atoms with Crippen LogP contribution in [0.1, 0.15) is 43.3 Å². The summed E-state index contributed by atoms with van der Waals surface area (Å²) in [7, 11) is 0. The summed E-state index contributed by atoms with van der Waals surface area (Å²) in [6.07, 6.45) is 6.32. The fourth-order valence-corrected chi connectivity index (χ4v) is 4.01. The number of pyridine rings is 2. The minimum atomic E-state index is -0.557. The van der Waals surface area contributed by atoms with Gasteiger partial charge in [-0.25, -0.2) is 4.79 Å². The van der Waals surface area contributed by atoms with E-state index in [2.05, 4.69) is 27.0 Å². The van der Waals surface area contributed by atoms with Gasteiger partial charge in [-0.15, -0.1) is 0 Å². The van der Waals surface area contributed by atoms with Gasteiger partial charge < -0.3 is 14.5 Å². The number of nitriles is 1. The van der Waals surface area contributed by atoms with E-state index in [9.17, 15) is 10.1 Å². The van der Waals surface area contributed by atoms with Crippen LogP contribution in [-0.2, 0) is 16.6 Å². The van der Waals surface area contributed by atoms with E-state index >= 15 is 0 Å². The maximum Gasteiger partial charge on any atom is 0.409 e. The molecular formula is C24H27N5O2. The van der Waals surface area contributed by atoms with Crippen molar-refractivity contribution >= 4 is 23.4 Å². The van der Waals surface area contributed by atoms with Crippen molar-refractivity contribution in [3.8, 4) is 6.07 Å². The standard InChI is InChI=1S/C24H27N5O2/c1-4-31-23(30)29-11-9-28(10-12-29)22-7-8-26-21-14-17(13-19(21)22)20-6-5-18(15-27-20)24(2,3)16-25/h5-8,13,15H,4,9-12,14H2,1-3H3. The molecule has 1 amide bonds. The number of rotatable bonds is 4. The van der Waals surface area contributed by atoms with E-state index in [1.54, 1.807) is 11.1 Å². The van der Waals surface area contributed by atoms with E-state index < -0.39 is 5.41 Å². The average Bonchev–Trinajstić information content (AvgIpc) is 3.24. The van der Waals surface area contributed by atoms with E-state index in [0.29, 0.717) is 19.7 Å². The Morgan fingerprint density at radius 3 is 2.61 bits per heavy atom. The van der Waals surface area contributed by atoms with Crippen LogP contribution in [0.5, 0.6) is 0 Å². The highest BCUT2D eigenvalue weighted by atomic mass is 16.6. The van der Waals surface area contributed by atoms with E-state index in [4.69, 9.17) is 4.74 Å². The monoisotopic (exact) mass is 417 g/mol. The molecule has 2 aromatic heterocycles. The molecule has 0 radical (unpaired) electrons. The van der Waals surface area contributed by atoms with Crippen molar-refractivity contribution in [3.63, 3.8) is 0 Å². The van der Waals surface area contributed by atoms with Crippen LogP contribution in [0.2, 0.25) is 0 Å². The number of allylic oxidation sites excluding steroid dienone is 1. The van der Waals surface area contributed by atoms with Gasteiger partial charge in [0.1, 0.15) is 0 Å². The molecule has 1 fully saturated rings. The number of piperazine rings is 1. The second kappa shape index (κ2) is 8.38. The van der Waals surface area contributed by atoms with Crippen LogP contribution in [0, 0.1) is 11.3 Å². The molecule has 0 N–H and O–H groups in total. The summed E-state index contributed by atoms with van der Waals surface area (Å²) in [5.41, 5.74) is 5.71. The van der Waals surface area contributed by atoms with Gasteiger partial charge in [0.15, 0.2) is 0 Å². The predicted molar refractivity (Wildman–Crippen MR) is 119 cm³/mol. The Morgan fingerprint density at radius 1 is 1.19 bits per heavy atom. The molecule has 31 heavy (non-hydrogen) atoms. The normalized spacial score (nSPS) is 15.9. The van der Waals surface area contributed by atoms with E-state index in [1.807, 2.05) is 45.2 Å². The summed E-state index contributed by atoms with van der Waals surface area (Å²) in [6.45, 7) is 8.81. The summed E-state index contributed by atoms with van der Waals surface area (Å²) >= 11 is 0. The molecular weight excluding hydrogens is 390 g/mol. The third-order valence-electron chi connectivity index (χ3n) is 5.97. The van der Waals surface area contributed by atoms with Crippen LogP contribution < -0.4 is 4.90 Å². The van der Waals surface area contributed by atoms with Crippen molar-refractivity contribution in [1.29, 1.82) is 5.26 Å². The molecule has 0 saturated carbocycles. The molecule has 0 spiro atoms. The summed E-state index contributed by atoms with van der Waals surface area (Å²) in [6, 6.07) is 8.34. The van der Waals surface area contributed by atoms with Crippen LogP contribution in [0.15, 0.2) is 30.6 Å². The Hall–Kier alpha value is -3.40. The highest BCUT2D eigenvalue weighted by Gasteiger charge is 2.27. The second-order valence-corrected chi connectivity index (χ2v) is 8.38. The average molecular weight is 418 g/mol. The van der Waals surface area contributed by atoms with Gasteiger partial charge in [-0.05, 0) is 50.1 Å². The number of fused-ring (bicyclic) bond motifs is 1. The molecule has 0 aromatic carbocycles. The highest BCUT2D eigenvalue weighted by Crippen LogP contribution is 2.36. The molecule has 1 aliphatic carbocycles. The van der Waals surface area contributed by atoms with Gasteiger partial charge in [0.2, 0.25) is 0 Å². The molecule has 3 heterocycles.